The highest BCUT2D eigenvalue weighted by Gasteiger charge is 2.21. The molecule has 0 aliphatic carbocycles. The number of hydrogen-bond donors (Lipinski definition) is 1. The smallest absolute Gasteiger partial charge is 0.343 e. The zero-order valence-electron chi connectivity index (χ0n) is 10.6. The van der Waals surface area contributed by atoms with Gasteiger partial charge in [0.15, 0.2) is 5.75 Å². The molecule has 0 amide bonds. The van der Waals surface area contributed by atoms with E-state index in [9.17, 15) is 13.2 Å². The number of ether oxygens (including phenoxy) is 1. The van der Waals surface area contributed by atoms with Crippen LogP contribution in [0.5, 0.6) is 5.75 Å². The Bertz CT molecular complexity index is 735. The van der Waals surface area contributed by atoms with Crippen LogP contribution in [0.2, 0.25) is 0 Å². The summed E-state index contributed by atoms with van der Waals surface area (Å²) >= 11 is 0. The Balaban J connectivity index is 2.42. The van der Waals surface area contributed by atoms with Crippen LogP contribution in [0.25, 0.3) is 0 Å². The van der Waals surface area contributed by atoms with E-state index >= 15 is 0 Å². The van der Waals surface area contributed by atoms with E-state index in [0.717, 1.165) is 0 Å². The molecule has 0 radical (unpaired) electrons. The lowest BCUT2D eigenvalue weighted by atomic mass is 10.2. The maximum absolute atomic E-state index is 11.9. The van der Waals surface area contributed by atoms with Gasteiger partial charge < -0.3 is 4.74 Å². The van der Waals surface area contributed by atoms with Crippen molar-refractivity contribution in [3.8, 4) is 5.75 Å². The fourth-order valence-corrected chi connectivity index (χ4v) is 2.37. The van der Waals surface area contributed by atoms with Gasteiger partial charge >= 0.3 is 5.97 Å². The Kier molecular flexibility index (Phi) is 3.87. The van der Waals surface area contributed by atoms with Crippen molar-refractivity contribution in [1.82, 2.24) is 0 Å². The molecule has 0 saturated carbocycles. The van der Waals surface area contributed by atoms with Gasteiger partial charge in [0.05, 0.1) is 5.56 Å². The lowest BCUT2D eigenvalue weighted by molar-refractivity contribution is 0.0729. The summed E-state index contributed by atoms with van der Waals surface area (Å²) in [7, 11) is -4.46. The first-order valence-electron chi connectivity index (χ1n) is 5.74. The van der Waals surface area contributed by atoms with Crippen molar-refractivity contribution in [2.45, 2.75) is 11.8 Å². The third-order valence-corrected chi connectivity index (χ3v) is 3.54. The summed E-state index contributed by atoms with van der Waals surface area (Å²) in [6.45, 7) is 1.59. The van der Waals surface area contributed by atoms with Gasteiger partial charge in [-0.1, -0.05) is 30.3 Å². The third-order valence-electron chi connectivity index (χ3n) is 2.66. The van der Waals surface area contributed by atoms with E-state index in [2.05, 4.69) is 0 Å². The van der Waals surface area contributed by atoms with Gasteiger partial charge in [0, 0.05) is 0 Å². The summed E-state index contributed by atoms with van der Waals surface area (Å²) in [5.41, 5.74) is 0.724. The number of benzene rings is 2. The number of rotatable bonds is 3. The third kappa shape index (κ3) is 3.04. The van der Waals surface area contributed by atoms with Gasteiger partial charge in [-0.3, -0.25) is 4.55 Å². The molecule has 0 fully saturated rings. The van der Waals surface area contributed by atoms with Crippen molar-refractivity contribution in [3.05, 3.63) is 59.7 Å². The predicted octanol–water partition coefficient (Wildman–Crippen LogP) is 2.46. The molecule has 1 N–H and O–H groups in total. The van der Waals surface area contributed by atoms with Crippen LogP contribution in [-0.2, 0) is 10.1 Å². The summed E-state index contributed by atoms with van der Waals surface area (Å²) in [5.74, 6) is -0.853. The molecule has 20 heavy (non-hydrogen) atoms. The minimum atomic E-state index is -4.46. The van der Waals surface area contributed by atoms with Crippen LogP contribution in [0.4, 0.5) is 0 Å². The average molecular weight is 292 g/mol. The summed E-state index contributed by atoms with van der Waals surface area (Å²) in [5, 5.41) is 0. The van der Waals surface area contributed by atoms with Crippen LogP contribution in [0.15, 0.2) is 53.4 Å². The van der Waals surface area contributed by atoms with Gasteiger partial charge in [-0.05, 0) is 30.7 Å². The Morgan fingerprint density at radius 1 is 1.05 bits per heavy atom. The monoisotopic (exact) mass is 292 g/mol. The molecule has 0 aliphatic heterocycles. The van der Waals surface area contributed by atoms with Crippen LogP contribution < -0.4 is 4.74 Å². The quantitative estimate of drug-likeness (QED) is 0.534. The van der Waals surface area contributed by atoms with Crippen LogP contribution >= 0.6 is 0 Å². The van der Waals surface area contributed by atoms with Crippen LogP contribution in [0.3, 0.4) is 0 Å². The number of esters is 1. The van der Waals surface area contributed by atoms with Crippen molar-refractivity contribution < 1.29 is 22.5 Å². The second-order valence-corrected chi connectivity index (χ2v) is 5.52. The van der Waals surface area contributed by atoms with Crippen LogP contribution in [0, 0.1) is 6.92 Å². The number of carbonyl (C=O) groups excluding carboxylic acids is 1. The number of aryl methyl sites for hydroxylation is 1. The average Bonchev–Trinajstić information content (AvgIpc) is 2.40. The normalized spacial score (nSPS) is 11.1. The van der Waals surface area contributed by atoms with E-state index in [4.69, 9.17) is 9.29 Å². The van der Waals surface area contributed by atoms with E-state index in [1.165, 1.54) is 12.1 Å². The molecule has 0 aliphatic rings. The van der Waals surface area contributed by atoms with Crippen molar-refractivity contribution in [3.63, 3.8) is 0 Å². The molecule has 0 spiro atoms. The summed E-state index contributed by atoms with van der Waals surface area (Å²) < 4.78 is 36.8. The van der Waals surface area contributed by atoms with E-state index in [0.29, 0.717) is 5.56 Å². The molecule has 6 heteroatoms. The zero-order chi connectivity index (χ0) is 14.8. The topological polar surface area (TPSA) is 80.7 Å². The minimum Gasteiger partial charge on any atom is -0.421 e. The molecule has 0 heterocycles. The molecule has 0 unspecified atom stereocenters. The number of para-hydroxylation sites is 1. The highest BCUT2D eigenvalue weighted by molar-refractivity contribution is 7.86. The Morgan fingerprint density at radius 3 is 2.30 bits per heavy atom. The van der Waals surface area contributed by atoms with Gasteiger partial charge in [0.25, 0.3) is 10.1 Å². The zero-order valence-corrected chi connectivity index (χ0v) is 11.4. The Hall–Kier alpha value is -2.18. The molecule has 0 bridgehead atoms. The summed E-state index contributed by atoms with van der Waals surface area (Å²) in [4.78, 5) is 11.5. The van der Waals surface area contributed by atoms with Crippen LogP contribution in [0.1, 0.15) is 15.9 Å². The van der Waals surface area contributed by atoms with Gasteiger partial charge in [-0.2, -0.15) is 8.42 Å². The molecule has 2 rings (SSSR count). The molecule has 2 aromatic rings. The minimum absolute atomic E-state index is 0.163. The molecular formula is C14H12O5S. The first kappa shape index (κ1) is 14.2. The van der Waals surface area contributed by atoms with Crippen molar-refractivity contribution in [2.24, 2.45) is 0 Å². The van der Waals surface area contributed by atoms with Crippen molar-refractivity contribution >= 4 is 16.1 Å². The molecule has 0 saturated heterocycles. The molecule has 104 valence electrons. The predicted molar refractivity (Wildman–Crippen MR) is 72.4 cm³/mol. The Labute approximate surface area is 116 Å². The summed E-state index contributed by atoms with van der Waals surface area (Å²) in [6, 6.07) is 12.4. The molecule has 5 nitrogen and oxygen atoms in total. The largest absolute Gasteiger partial charge is 0.421 e. The van der Waals surface area contributed by atoms with E-state index in [-0.39, 0.29) is 11.3 Å². The highest BCUT2D eigenvalue weighted by Crippen LogP contribution is 2.28. The van der Waals surface area contributed by atoms with Crippen LogP contribution in [-0.4, -0.2) is 18.9 Å². The Morgan fingerprint density at radius 2 is 1.70 bits per heavy atom. The standard InChI is InChI=1S/C14H12O5S/c1-10-6-5-9-12(20(16,17)18)13(10)19-14(15)11-7-3-2-4-8-11/h2-9H,1H3,(H,16,17,18). The fraction of sp³-hybridized carbons (Fsp3) is 0.0714. The van der Waals surface area contributed by atoms with E-state index in [1.807, 2.05) is 0 Å². The maximum atomic E-state index is 11.9. The molecule has 0 atom stereocenters. The number of hydrogen-bond acceptors (Lipinski definition) is 4. The molecule has 2 aromatic carbocycles. The summed E-state index contributed by atoms with van der Waals surface area (Å²) in [6.07, 6.45) is 0. The first-order chi connectivity index (χ1) is 9.39. The SMILES string of the molecule is Cc1cccc(S(=O)(=O)O)c1OC(=O)c1ccccc1. The van der Waals surface area contributed by atoms with Gasteiger partial charge in [0.2, 0.25) is 0 Å². The second kappa shape index (κ2) is 5.44. The highest BCUT2D eigenvalue weighted by atomic mass is 32.2. The molecule has 0 aromatic heterocycles. The van der Waals surface area contributed by atoms with Crippen molar-refractivity contribution in [2.75, 3.05) is 0 Å². The lowest BCUT2D eigenvalue weighted by Crippen LogP contribution is -2.12. The maximum Gasteiger partial charge on any atom is 0.343 e. The van der Waals surface area contributed by atoms with Gasteiger partial charge in [-0.25, -0.2) is 4.79 Å². The second-order valence-electron chi connectivity index (χ2n) is 4.13. The first-order valence-corrected chi connectivity index (χ1v) is 7.18. The van der Waals surface area contributed by atoms with E-state index in [1.54, 1.807) is 43.3 Å². The van der Waals surface area contributed by atoms with Gasteiger partial charge in [0.1, 0.15) is 4.90 Å². The van der Waals surface area contributed by atoms with Gasteiger partial charge in [-0.15, -0.1) is 0 Å². The molecular weight excluding hydrogens is 280 g/mol. The van der Waals surface area contributed by atoms with Crippen molar-refractivity contribution in [1.29, 1.82) is 0 Å². The van der Waals surface area contributed by atoms with E-state index < -0.39 is 21.0 Å². The lowest BCUT2D eigenvalue weighted by Gasteiger charge is -2.10. The number of carbonyl (C=O) groups is 1. The fourth-order valence-electron chi connectivity index (χ4n) is 1.69.